The lowest BCUT2D eigenvalue weighted by Gasteiger charge is -2.56. The van der Waals surface area contributed by atoms with Crippen molar-refractivity contribution in [3.63, 3.8) is 0 Å². The molecule has 8 heteroatoms. The molecule has 0 amide bonds. The largest absolute Gasteiger partial charge is 0.508 e. The summed E-state index contributed by atoms with van der Waals surface area (Å²) in [6, 6.07) is 7.27. The zero-order chi connectivity index (χ0) is 25.1. The maximum atomic E-state index is 12.6. The highest BCUT2D eigenvalue weighted by atomic mass is 16.7. The number of phenols is 1. The van der Waals surface area contributed by atoms with Gasteiger partial charge in [0.25, 0.3) is 0 Å². The van der Waals surface area contributed by atoms with Crippen molar-refractivity contribution in [2.24, 2.45) is 5.41 Å². The lowest BCUT2D eigenvalue weighted by molar-refractivity contribution is -0.373. The average molecular weight is 491 g/mol. The highest BCUT2D eigenvalue weighted by Crippen LogP contribution is 2.52. The second-order valence-electron chi connectivity index (χ2n) is 10.8. The van der Waals surface area contributed by atoms with Gasteiger partial charge in [-0.1, -0.05) is 32.4 Å². The summed E-state index contributed by atoms with van der Waals surface area (Å²) in [6.07, 6.45) is 4.28. The molecule has 3 aliphatic heterocycles. The van der Waals surface area contributed by atoms with E-state index < -0.39 is 30.4 Å². The third-order valence-corrected chi connectivity index (χ3v) is 7.63. The second-order valence-corrected chi connectivity index (χ2v) is 10.8. The van der Waals surface area contributed by atoms with Crippen molar-refractivity contribution in [2.45, 2.75) is 108 Å². The Labute approximate surface area is 206 Å². The number of aliphatic hydroxyl groups excluding tert-OH is 1. The second kappa shape index (κ2) is 10.8. The van der Waals surface area contributed by atoms with E-state index in [1.807, 2.05) is 12.1 Å². The fourth-order valence-electron chi connectivity index (χ4n) is 5.51. The molecule has 1 spiro atoms. The molecule has 0 radical (unpaired) electrons. The highest BCUT2D eigenvalue weighted by molar-refractivity contribution is 5.73. The van der Waals surface area contributed by atoms with Crippen LogP contribution in [0.1, 0.15) is 77.2 Å². The lowest BCUT2D eigenvalue weighted by atomic mass is 9.71. The van der Waals surface area contributed by atoms with Gasteiger partial charge in [0.05, 0.1) is 31.7 Å². The molecule has 3 saturated heterocycles. The highest BCUT2D eigenvalue weighted by Gasteiger charge is 2.57. The molecule has 3 aliphatic rings. The lowest BCUT2D eigenvalue weighted by Crippen LogP contribution is -2.61. The van der Waals surface area contributed by atoms with Crippen LogP contribution in [0.15, 0.2) is 24.3 Å². The first kappa shape index (κ1) is 25.9. The Hall–Kier alpha value is -2.16. The molecular weight excluding hydrogens is 452 g/mol. The van der Waals surface area contributed by atoms with Crippen LogP contribution in [-0.4, -0.2) is 59.0 Å². The van der Waals surface area contributed by atoms with E-state index in [1.165, 1.54) is 5.56 Å². The van der Waals surface area contributed by atoms with Gasteiger partial charge in [0, 0.05) is 18.3 Å². The van der Waals surface area contributed by atoms with E-state index in [1.54, 1.807) is 12.1 Å². The van der Waals surface area contributed by atoms with E-state index in [2.05, 4.69) is 13.8 Å². The zero-order valence-electron chi connectivity index (χ0n) is 20.7. The number of hydrogen-bond donors (Lipinski definition) is 2. The maximum absolute atomic E-state index is 12.6. The van der Waals surface area contributed by atoms with Crippen molar-refractivity contribution in [1.82, 2.24) is 0 Å². The van der Waals surface area contributed by atoms with Gasteiger partial charge in [-0.2, -0.15) is 0 Å². The van der Waals surface area contributed by atoms with Crippen LogP contribution in [0, 0.1) is 5.41 Å². The van der Waals surface area contributed by atoms with E-state index in [4.69, 9.17) is 18.9 Å². The van der Waals surface area contributed by atoms with Gasteiger partial charge in [-0.15, -0.1) is 0 Å². The predicted octanol–water partition coefficient (Wildman–Crippen LogP) is 3.80. The molecule has 1 aromatic rings. The molecule has 3 heterocycles. The molecular formula is C27H38O8. The maximum Gasteiger partial charge on any atom is 0.309 e. The standard InChI is InChI=1S/C27H38O8/c1-26(2)12-11-21-14-24(30)33-23(17-28)15-25(31)32-22-13-20(34-27(26,16-22)35-21)6-4-3-5-18-7-9-19(29)10-8-18/h7-10,20-23,28-29H,3-6,11-17H2,1-2H3/t20-,21-,22-,23-,27+/m1/s1. The van der Waals surface area contributed by atoms with Crippen molar-refractivity contribution >= 4 is 11.9 Å². The molecule has 4 rings (SSSR count). The first-order valence-electron chi connectivity index (χ1n) is 12.8. The van der Waals surface area contributed by atoms with E-state index in [-0.39, 0.29) is 42.3 Å². The summed E-state index contributed by atoms with van der Waals surface area (Å²) in [5.74, 6) is -1.66. The van der Waals surface area contributed by atoms with E-state index in [0.717, 1.165) is 32.1 Å². The quantitative estimate of drug-likeness (QED) is 0.458. The Morgan fingerprint density at radius 3 is 2.43 bits per heavy atom. The summed E-state index contributed by atoms with van der Waals surface area (Å²) in [7, 11) is 0. The minimum Gasteiger partial charge on any atom is -0.508 e. The van der Waals surface area contributed by atoms with Gasteiger partial charge in [0.2, 0.25) is 0 Å². The summed E-state index contributed by atoms with van der Waals surface area (Å²) >= 11 is 0. The first-order valence-corrected chi connectivity index (χ1v) is 12.8. The Morgan fingerprint density at radius 1 is 0.943 bits per heavy atom. The molecule has 3 fully saturated rings. The van der Waals surface area contributed by atoms with E-state index >= 15 is 0 Å². The van der Waals surface area contributed by atoms with Crippen LogP contribution in [0.3, 0.4) is 0 Å². The number of unbranched alkanes of at least 4 members (excludes halogenated alkanes) is 1. The first-order chi connectivity index (χ1) is 16.7. The number of fused-ring (bicyclic) bond motifs is 2. The third kappa shape index (κ3) is 6.35. The van der Waals surface area contributed by atoms with Gasteiger partial charge in [-0.25, -0.2) is 0 Å². The Kier molecular flexibility index (Phi) is 8.03. The molecule has 194 valence electrons. The van der Waals surface area contributed by atoms with Crippen LogP contribution in [0.25, 0.3) is 0 Å². The van der Waals surface area contributed by atoms with E-state index in [0.29, 0.717) is 19.3 Å². The normalized spacial score (nSPS) is 33.1. The number of rotatable bonds is 6. The van der Waals surface area contributed by atoms with Crippen LogP contribution < -0.4 is 0 Å². The van der Waals surface area contributed by atoms with Crippen molar-refractivity contribution in [3.8, 4) is 5.75 Å². The molecule has 0 unspecified atom stereocenters. The van der Waals surface area contributed by atoms with Crippen molar-refractivity contribution in [2.75, 3.05) is 6.61 Å². The molecule has 5 atom stereocenters. The van der Waals surface area contributed by atoms with Gasteiger partial charge in [0.1, 0.15) is 18.0 Å². The van der Waals surface area contributed by atoms with Crippen molar-refractivity contribution in [3.05, 3.63) is 29.8 Å². The summed E-state index contributed by atoms with van der Waals surface area (Å²) in [4.78, 5) is 25.1. The number of aryl methyl sites for hydroxylation is 1. The molecule has 0 saturated carbocycles. The Bertz CT molecular complexity index is 878. The number of esters is 2. The van der Waals surface area contributed by atoms with Gasteiger partial charge in [0.15, 0.2) is 5.79 Å². The number of cyclic esters (lactones) is 1. The number of hydrogen-bond acceptors (Lipinski definition) is 8. The van der Waals surface area contributed by atoms with Crippen molar-refractivity contribution in [1.29, 1.82) is 0 Å². The molecule has 1 aromatic carbocycles. The Balaban J connectivity index is 1.47. The number of carbonyl (C=O) groups is 2. The zero-order valence-corrected chi connectivity index (χ0v) is 20.7. The summed E-state index contributed by atoms with van der Waals surface area (Å²) in [5, 5.41) is 19.0. The number of benzene rings is 1. The number of aliphatic hydroxyl groups is 1. The van der Waals surface area contributed by atoms with Crippen LogP contribution >= 0.6 is 0 Å². The van der Waals surface area contributed by atoms with Crippen LogP contribution in [0.5, 0.6) is 5.75 Å². The fourth-order valence-corrected chi connectivity index (χ4v) is 5.51. The van der Waals surface area contributed by atoms with Crippen LogP contribution in [0.4, 0.5) is 0 Å². The average Bonchev–Trinajstić information content (AvgIpc) is 2.79. The molecule has 0 aromatic heterocycles. The van der Waals surface area contributed by atoms with Crippen LogP contribution in [0.2, 0.25) is 0 Å². The molecule has 2 N–H and O–H groups in total. The summed E-state index contributed by atoms with van der Waals surface area (Å²) in [5.41, 5.74) is 0.857. The van der Waals surface area contributed by atoms with Gasteiger partial charge in [-0.3, -0.25) is 9.59 Å². The minimum absolute atomic E-state index is 0.0642. The Morgan fingerprint density at radius 2 is 1.69 bits per heavy atom. The smallest absolute Gasteiger partial charge is 0.309 e. The van der Waals surface area contributed by atoms with Gasteiger partial charge in [-0.05, 0) is 49.8 Å². The molecule has 35 heavy (non-hydrogen) atoms. The van der Waals surface area contributed by atoms with Gasteiger partial charge < -0.3 is 29.2 Å². The number of phenolic OH excluding ortho intramolecular Hbond substituents is 1. The topological polar surface area (TPSA) is 112 Å². The monoisotopic (exact) mass is 490 g/mol. The van der Waals surface area contributed by atoms with Crippen LogP contribution in [-0.2, 0) is 35.0 Å². The van der Waals surface area contributed by atoms with E-state index in [9.17, 15) is 19.8 Å². The predicted molar refractivity (Wildman–Crippen MR) is 126 cm³/mol. The third-order valence-electron chi connectivity index (χ3n) is 7.63. The summed E-state index contributed by atoms with van der Waals surface area (Å²) < 4.78 is 24.3. The number of ether oxygens (including phenoxy) is 4. The minimum atomic E-state index is -0.948. The molecule has 8 nitrogen and oxygen atoms in total. The number of aromatic hydroxyl groups is 1. The summed E-state index contributed by atoms with van der Waals surface area (Å²) in [6.45, 7) is 3.79. The van der Waals surface area contributed by atoms with Gasteiger partial charge >= 0.3 is 11.9 Å². The fraction of sp³-hybridized carbons (Fsp3) is 0.704. The molecule has 3 bridgehead atoms. The SMILES string of the molecule is CC1(C)CC[C@@H]2CC(=O)O[C@@H](CO)CC(=O)O[C@@H]3C[C@@H](CCCCc4ccc(O)cc4)O[C@@]1(C3)O2. The van der Waals surface area contributed by atoms with Crippen molar-refractivity contribution < 1.29 is 38.7 Å². The molecule has 0 aliphatic carbocycles. The number of carbonyl (C=O) groups excluding carboxylic acids is 2.